The van der Waals surface area contributed by atoms with Gasteiger partial charge in [-0.05, 0) is 54.8 Å². The molecule has 0 aliphatic carbocycles. The van der Waals surface area contributed by atoms with E-state index >= 15 is 0 Å². The quantitative estimate of drug-likeness (QED) is 0.400. The normalized spacial score (nSPS) is 11.0. The molecule has 0 atom stereocenters. The lowest BCUT2D eigenvalue weighted by Gasteiger charge is -2.26. The lowest BCUT2D eigenvalue weighted by Crippen LogP contribution is -2.42. The third-order valence-corrected chi connectivity index (χ3v) is 5.13. The molecular formula is C27H29FN2O3. The summed E-state index contributed by atoms with van der Waals surface area (Å²) in [5, 5.41) is 0. The Morgan fingerprint density at radius 2 is 1.67 bits per heavy atom. The molecule has 3 aromatic rings. The minimum absolute atomic E-state index is 0.0489. The van der Waals surface area contributed by atoms with Gasteiger partial charge in [-0.15, -0.1) is 0 Å². The number of rotatable bonds is 10. The molecule has 0 unspecified atom stereocenters. The second-order valence-corrected chi connectivity index (χ2v) is 7.89. The molecular weight excluding hydrogens is 419 g/mol. The molecule has 0 saturated carbocycles. The summed E-state index contributed by atoms with van der Waals surface area (Å²) in [6.45, 7) is 4.77. The molecule has 1 aromatic heterocycles. The topological polar surface area (TPSA) is 53.8 Å². The van der Waals surface area contributed by atoms with Crippen molar-refractivity contribution in [3.63, 3.8) is 0 Å². The van der Waals surface area contributed by atoms with Gasteiger partial charge < -0.3 is 14.2 Å². The first-order valence-electron chi connectivity index (χ1n) is 11.0. The number of halogens is 1. The van der Waals surface area contributed by atoms with Crippen molar-refractivity contribution in [1.82, 2.24) is 9.80 Å². The molecule has 0 radical (unpaired) electrons. The summed E-state index contributed by atoms with van der Waals surface area (Å²) in [4.78, 5) is 29.3. The molecule has 0 N–H and O–H groups in total. The summed E-state index contributed by atoms with van der Waals surface area (Å²) in [6, 6.07) is 19.3. The van der Waals surface area contributed by atoms with Crippen molar-refractivity contribution in [2.45, 2.75) is 33.4 Å². The molecule has 0 saturated heterocycles. The van der Waals surface area contributed by atoms with Crippen LogP contribution in [0.1, 0.15) is 36.0 Å². The van der Waals surface area contributed by atoms with Gasteiger partial charge in [0.25, 0.3) is 0 Å². The number of hydrogen-bond donors (Lipinski definition) is 0. The second-order valence-electron chi connectivity index (χ2n) is 7.89. The number of carbonyl (C=O) groups excluding carboxylic acids is 2. The molecule has 6 heteroatoms. The molecule has 2 amide bonds. The van der Waals surface area contributed by atoms with Gasteiger partial charge in [0, 0.05) is 19.2 Å². The van der Waals surface area contributed by atoms with Crippen molar-refractivity contribution >= 4 is 17.9 Å². The first-order chi connectivity index (χ1) is 15.9. The first-order valence-corrected chi connectivity index (χ1v) is 11.0. The van der Waals surface area contributed by atoms with Crippen LogP contribution in [0.4, 0.5) is 4.39 Å². The Labute approximate surface area is 194 Å². The van der Waals surface area contributed by atoms with Crippen molar-refractivity contribution in [2.75, 3.05) is 13.1 Å². The van der Waals surface area contributed by atoms with Gasteiger partial charge >= 0.3 is 0 Å². The SMILES string of the molecule is CCCN(CC(=O)N(Cc1ccc(F)cc1)Cc1ccc(C)o1)C(=O)C=Cc1ccccc1. The molecule has 3 rings (SSSR count). The standard InChI is InChI=1S/C27H29FN2O3/c1-3-17-29(26(31)16-12-22-7-5-4-6-8-22)20-27(32)30(19-25-15-9-21(2)33-25)18-23-10-13-24(28)14-11-23/h4-16H,3,17-20H2,1-2H3. The Morgan fingerprint density at radius 3 is 2.30 bits per heavy atom. The average molecular weight is 449 g/mol. The van der Waals surface area contributed by atoms with Crippen LogP contribution in [-0.4, -0.2) is 34.7 Å². The number of nitrogens with zero attached hydrogens (tertiary/aromatic N) is 2. The molecule has 0 aliphatic heterocycles. The van der Waals surface area contributed by atoms with Gasteiger partial charge in [-0.25, -0.2) is 4.39 Å². The van der Waals surface area contributed by atoms with Crippen molar-refractivity contribution in [3.8, 4) is 0 Å². The van der Waals surface area contributed by atoms with Crippen LogP contribution in [0.15, 0.2) is 77.2 Å². The van der Waals surface area contributed by atoms with Gasteiger partial charge in [-0.3, -0.25) is 9.59 Å². The van der Waals surface area contributed by atoms with Gasteiger partial charge in [0.05, 0.1) is 6.54 Å². The summed E-state index contributed by atoms with van der Waals surface area (Å²) in [6.07, 6.45) is 3.98. The van der Waals surface area contributed by atoms with Crippen LogP contribution in [0, 0.1) is 12.7 Å². The zero-order valence-corrected chi connectivity index (χ0v) is 19.0. The highest BCUT2D eigenvalue weighted by molar-refractivity contribution is 5.94. The predicted octanol–water partition coefficient (Wildman–Crippen LogP) is 5.21. The maximum absolute atomic E-state index is 13.3. The number of aryl methyl sites for hydroxylation is 1. The summed E-state index contributed by atoms with van der Waals surface area (Å²) >= 11 is 0. The Balaban J connectivity index is 1.74. The molecule has 0 bridgehead atoms. The molecule has 1 heterocycles. The molecule has 172 valence electrons. The molecule has 0 spiro atoms. The van der Waals surface area contributed by atoms with Crippen LogP contribution >= 0.6 is 0 Å². The lowest BCUT2D eigenvalue weighted by atomic mass is 10.2. The van der Waals surface area contributed by atoms with E-state index in [0.29, 0.717) is 12.3 Å². The van der Waals surface area contributed by atoms with Crippen LogP contribution in [0.3, 0.4) is 0 Å². The second kappa shape index (κ2) is 11.8. The highest BCUT2D eigenvalue weighted by atomic mass is 19.1. The van der Waals surface area contributed by atoms with Gasteiger partial charge in [0.15, 0.2) is 0 Å². The van der Waals surface area contributed by atoms with E-state index in [1.807, 2.05) is 56.3 Å². The van der Waals surface area contributed by atoms with Crippen LogP contribution in [-0.2, 0) is 22.7 Å². The largest absolute Gasteiger partial charge is 0.464 e. The summed E-state index contributed by atoms with van der Waals surface area (Å²) in [5.41, 5.74) is 1.71. The smallest absolute Gasteiger partial charge is 0.247 e. The maximum atomic E-state index is 13.3. The van der Waals surface area contributed by atoms with Crippen LogP contribution in [0.25, 0.3) is 6.08 Å². The van der Waals surface area contributed by atoms with Crippen LogP contribution < -0.4 is 0 Å². The van der Waals surface area contributed by atoms with Crippen molar-refractivity contribution in [2.24, 2.45) is 0 Å². The minimum atomic E-state index is -0.330. The summed E-state index contributed by atoms with van der Waals surface area (Å²) in [5.74, 6) is 0.657. The van der Waals surface area contributed by atoms with Crippen molar-refractivity contribution in [1.29, 1.82) is 0 Å². The molecule has 0 fully saturated rings. The highest BCUT2D eigenvalue weighted by Gasteiger charge is 2.21. The van der Waals surface area contributed by atoms with E-state index in [2.05, 4.69) is 0 Å². The van der Waals surface area contributed by atoms with E-state index < -0.39 is 0 Å². The highest BCUT2D eigenvalue weighted by Crippen LogP contribution is 2.14. The summed E-state index contributed by atoms with van der Waals surface area (Å²) in [7, 11) is 0. The van der Waals surface area contributed by atoms with Gasteiger partial charge in [0.1, 0.15) is 23.9 Å². The number of hydrogen-bond acceptors (Lipinski definition) is 3. The molecule has 0 aliphatic rings. The van der Waals surface area contributed by atoms with Gasteiger partial charge in [0.2, 0.25) is 11.8 Å². The van der Waals surface area contributed by atoms with E-state index in [1.54, 1.807) is 28.0 Å². The third-order valence-electron chi connectivity index (χ3n) is 5.13. The maximum Gasteiger partial charge on any atom is 0.247 e. The third kappa shape index (κ3) is 7.45. The molecule has 33 heavy (non-hydrogen) atoms. The molecule has 2 aromatic carbocycles. The van der Waals surface area contributed by atoms with E-state index in [4.69, 9.17) is 4.42 Å². The van der Waals surface area contributed by atoms with Gasteiger partial charge in [-0.2, -0.15) is 0 Å². The fourth-order valence-electron chi connectivity index (χ4n) is 3.44. The zero-order valence-electron chi connectivity index (χ0n) is 19.0. The number of furan rings is 1. The number of amides is 2. The predicted molar refractivity (Wildman–Crippen MR) is 126 cm³/mol. The van der Waals surface area contributed by atoms with Crippen LogP contribution in [0.2, 0.25) is 0 Å². The van der Waals surface area contributed by atoms with E-state index in [-0.39, 0.29) is 37.3 Å². The molecule has 5 nitrogen and oxygen atoms in total. The van der Waals surface area contributed by atoms with Crippen molar-refractivity contribution < 1.29 is 18.4 Å². The van der Waals surface area contributed by atoms with Crippen molar-refractivity contribution in [3.05, 3.63) is 101 Å². The average Bonchev–Trinajstić information content (AvgIpc) is 3.23. The Kier molecular flexibility index (Phi) is 8.58. The Morgan fingerprint density at radius 1 is 0.939 bits per heavy atom. The summed E-state index contributed by atoms with van der Waals surface area (Å²) < 4.78 is 19.0. The van der Waals surface area contributed by atoms with E-state index in [1.165, 1.54) is 18.2 Å². The number of benzene rings is 2. The monoisotopic (exact) mass is 448 g/mol. The van der Waals surface area contributed by atoms with Crippen LogP contribution in [0.5, 0.6) is 0 Å². The first kappa shape index (κ1) is 24.0. The van der Waals surface area contributed by atoms with E-state index in [0.717, 1.165) is 23.3 Å². The van der Waals surface area contributed by atoms with E-state index in [9.17, 15) is 14.0 Å². The zero-order chi connectivity index (χ0) is 23.6. The Hall–Kier alpha value is -3.67. The fraction of sp³-hybridized carbons (Fsp3) is 0.259. The van der Waals surface area contributed by atoms with Gasteiger partial charge in [-0.1, -0.05) is 49.4 Å². The minimum Gasteiger partial charge on any atom is -0.464 e. The fourth-order valence-corrected chi connectivity index (χ4v) is 3.44. The lowest BCUT2D eigenvalue weighted by molar-refractivity contribution is -0.139. The Bertz CT molecular complexity index is 1070. The number of carbonyl (C=O) groups is 2.